The molecule has 102 valence electrons. The SMILES string of the molecule is CN(C)c1ncc2c(=O)n(Cc3ccccn3)sc2n1. The van der Waals surface area contributed by atoms with E-state index in [4.69, 9.17) is 0 Å². The highest BCUT2D eigenvalue weighted by molar-refractivity contribution is 7.13. The summed E-state index contributed by atoms with van der Waals surface area (Å²) in [5, 5.41) is 0.552. The lowest BCUT2D eigenvalue weighted by atomic mass is 10.3. The smallest absolute Gasteiger partial charge is 0.272 e. The van der Waals surface area contributed by atoms with Crippen molar-refractivity contribution in [2.24, 2.45) is 0 Å². The summed E-state index contributed by atoms with van der Waals surface area (Å²) in [6, 6.07) is 5.66. The minimum Gasteiger partial charge on any atom is -0.347 e. The molecule has 0 fully saturated rings. The highest BCUT2D eigenvalue weighted by Crippen LogP contribution is 2.16. The first-order valence-electron chi connectivity index (χ1n) is 6.09. The van der Waals surface area contributed by atoms with E-state index in [1.165, 1.54) is 11.5 Å². The quantitative estimate of drug-likeness (QED) is 0.728. The molecule has 3 heterocycles. The summed E-state index contributed by atoms with van der Waals surface area (Å²) in [5.74, 6) is 0.601. The van der Waals surface area contributed by atoms with Crippen LogP contribution < -0.4 is 10.5 Å². The normalized spacial score (nSPS) is 10.9. The third-order valence-electron chi connectivity index (χ3n) is 2.83. The second kappa shape index (κ2) is 5.01. The van der Waals surface area contributed by atoms with Crippen LogP contribution in [0.25, 0.3) is 10.2 Å². The first-order valence-corrected chi connectivity index (χ1v) is 6.86. The fourth-order valence-corrected chi connectivity index (χ4v) is 2.76. The summed E-state index contributed by atoms with van der Waals surface area (Å²) in [4.78, 5) is 27.6. The third kappa shape index (κ3) is 2.27. The van der Waals surface area contributed by atoms with Gasteiger partial charge in [-0.3, -0.25) is 13.7 Å². The molecule has 0 saturated carbocycles. The third-order valence-corrected chi connectivity index (χ3v) is 3.83. The standard InChI is InChI=1S/C13H13N5OS/c1-17(2)13-15-7-10-11(16-13)20-18(12(10)19)8-9-5-3-4-6-14-9/h3-7H,8H2,1-2H3. The molecule has 7 heteroatoms. The molecule has 0 amide bonds. The van der Waals surface area contributed by atoms with E-state index in [2.05, 4.69) is 15.0 Å². The first-order chi connectivity index (χ1) is 9.65. The van der Waals surface area contributed by atoms with Crippen LogP contribution in [0.5, 0.6) is 0 Å². The minimum atomic E-state index is -0.0686. The molecular formula is C13H13N5OS. The van der Waals surface area contributed by atoms with Crippen molar-refractivity contribution in [1.29, 1.82) is 0 Å². The van der Waals surface area contributed by atoms with Crippen molar-refractivity contribution in [3.8, 4) is 0 Å². The van der Waals surface area contributed by atoms with Gasteiger partial charge in [-0.2, -0.15) is 0 Å². The van der Waals surface area contributed by atoms with Gasteiger partial charge in [0.2, 0.25) is 5.95 Å². The Labute approximate surface area is 119 Å². The van der Waals surface area contributed by atoms with Crippen LogP contribution in [0.2, 0.25) is 0 Å². The number of hydrogen-bond donors (Lipinski definition) is 0. The van der Waals surface area contributed by atoms with Crippen LogP contribution in [0.15, 0.2) is 35.4 Å². The van der Waals surface area contributed by atoms with Crippen molar-refractivity contribution in [2.45, 2.75) is 6.54 Å². The Morgan fingerprint density at radius 2 is 2.15 bits per heavy atom. The van der Waals surface area contributed by atoms with E-state index >= 15 is 0 Å². The van der Waals surface area contributed by atoms with Crippen molar-refractivity contribution in [2.75, 3.05) is 19.0 Å². The Bertz CT molecular complexity index is 793. The zero-order chi connectivity index (χ0) is 14.1. The average Bonchev–Trinajstić information content (AvgIpc) is 2.76. The molecule has 0 spiro atoms. The van der Waals surface area contributed by atoms with Gasteiger partial charge in [-0.05, 0) is 23.7 Å². The van der Waals surface area contributed by atoms with Crippen LogP contribution in [0.1, 0.15) is 5.69 Å². The molecule has 0 unspecified atom stereocenters. The number of pyridine rings is 1. The molecule has 0 saturated heterocycles. The number of aromatic nitrogens is 4. The fraction of sp³-hybridized carbons (Fsp3) is 0.231. The minimum absolute atomic E-state index is 0.0686. The maximum Gasteiger partial charge on any atom is 0.272 e. The molecule has 0 atom stereocenters. The van der Waals surface area contributed by atoms with Crippen molar-refractivity contribution in [3.63, 3.8) is 0 Å². The van der Waals surface area contributed by atoms with Crippen LogP contribution in [0, 0.1) is 0 Å². The van der Waals surface area contributed by atoms with Gasteiger partial charge in [0.05, 0.1) is 17.6 Å². The summed E-state index contributed by atoms with van der Waals surface area (Å²) in [6.45, 7) is 0.456. The lowest BCUT2D eigenvalue weighted by molar-refractivity contribution is 0.823. The summed E-state index contributed by atoms with van der Waals surface area (Å²) in [7, 11) is 3.74. The van der Waals surface area contributed by atoms with Crippen LogP contribution in [-0.4, -0.2) is 33.0 Å². The lowest BCUT2D eigenvalue weighted by Crippen LogP contribution is -2.15. The second-order valence-corrected chi connectivity index (χ2v) is 5.55. The molecule has 3 aromatic heterocycles. The molecule has 3 rings (SSSR count). The van der Waals surface area contributed by atoms with E-state index < -0.39 is 0 Å². The lowest BCUT2D eigenvalue weighted by Gasteiger charge is -2.07. The van der Waals surface area contributed by atoms with Crippen LogP contribution in [0.3, 0.4) is 0 Å². The van der Waals surface area contributed by atoms with Crippen molar-refractivity contribution < 1.29 is 0 Å². The topological polar surface area (TPSA) is 63.9 Å². The number of rotatable bonds is 3. The predicted molar refractivity (Wildman–Crippen MR) is 79.3 cm³/mol. The zero-order valence-electron chi connectivity index (χ0n) is 11.1. The van der Waals surface area contributed by atoms with Crippen LogP contribution >= 0.6 is 11.5 Å². The maximum absolute atomic E-state index is 12.3. The Morgan fingerprint density at radius 3 is 2.85 bits per heavy atom. The van der Waals surface area contributed by atoms with Gasteiger partial charge in [-0.15, -0.1) is 0 Å². The van der Waals surface area contributed by atoms with E-state index in [0.29, 0.717) is 22.7 Å². The summed E-state index contributed by atoms with van der Waals surface area (Å²) in [5.41, 5.74) is 0.780. The van der Waals surface area contributed by atoms with Crippen molar-refractivity contribution in [3.05, 3.63) is 46.6 Å². The van der Waals surface area contributed by atoms with E-state index in [1.807, 2.05) is 37.2 Å². The Kier molecular flexibility index (Phi) is 3.19. The second-order valence-electron chi connectivity index (χ2n) is 4.54. The molecule has 3 aromatic rings. The Balaban J connectivity index is 2.04. The summed E-state index contributed by atoms with van der Waals surface area (Å²) < 4.78 is 1.65. The Hall–Kier alpha value is -2.28. The largest absolute Gasteiger partial charge is 0.347 e. The Morgan fingerprint density at radius 1 is 1.30 bits per heavy atom. The van der Waals surface area contributed by atoms with Gasteiger partial charge in [0.25, 0.3) is 5.56 Å². The molecule has 0 aliphatic carbocycles. The molecule has 0 N–H and O–H groups in total. The van der Waals surface area contributed by atoms with E-state index in [0.717, 1.165) is 5.69 Å². The molecule has 20 heavy (non-hydrogen) atoms. The molecule has 6 nitrogen and oxygen atoms in total. The van der Waals surface area contributed by atoms with E-state index in [-0.39, 0.29) is 5.56 Å². The average molecular weight is 287 g/mol. The van der Waals surface area contributed by atoms with Crippen molar-refractivity contribution >= 4 is 27.7 Å². The number of nitrogens with zero attached hydrogens (tertiary/aromatic N) is 5. The molecule has 0 aromatic carbocycles. The van der Waals surface area contributed by atoms with Gasteiger partial charge < -0.3 is 4.90 Å². The van der Waals surface area contributed by atoms with Gasteiger partial charge in [0, 0.05) is 26.5 Å². The zero-order valence-corrected chi connectivity index (χ0v) is 12.0. The number of anilines is 1. The van der Waals surface area contributed by atoms with E-state index in [1.54, 1.807) is 16.4 Å². The number of hydrogen-bond acceptors (Lipinski definition) is 6. The van der Waals surface area contributed by atoms with Crippen molar-refractivity contribution in [1.82, 2.24) is 18.9 Å². The van der Waals surface area contributed by atoms with Crippen LogP contribution in [-0.2, 0) is 6.54 Å². The maximum atomic E-state index is 12.3. The van der Waals surface area contributed by atoms with Gasteiger partial charge in [-0.25, -0.2) is 9.97 Å². The highest BCUT2D eigenvalue weighted by Gasteiger charge is 2.11. The van der Waals surface area contributed by atoms with Gasteiger partial charge in [0.15, 0.2) is 4.83 Å². The van der Waals surface area contributed by atoms with Crippen LogP contribution in [0.4, 0.5) is 5.95 Å². The number of fused-ring (bicyclic) bond motifs is 1. The molecule has 0 bridgehead atoms. The summed E-state index contributed by atoms with van der Waals surface area (Å²) >= 11 is 1.34. The van der Waals surface area contributed by atoms with E-state index in [9.17, 15) is 4.79 Å². The fourth-order valence-electron chi connectivity index (χ4n) is 1.81. The summed E-state index contributed by atoms with van der Waals surface area (Å²) in [6.07, 6.45) is 3.31. The van der Waals surface area contributed by atoms with Gasteiger partial charge in [-0.1, -0.05) is 6.07 Å². The predicted octanol–water partition coefficient (Wildman–Crippen LogP) is 1.36. The monoisotopic (exact) mass is 287 g/mol. The molecule has 0 aliphatic rings. The van der Waals surface area contributed by atoms with Gasteiger partial charge in [0.1, 0.15) is 0 Å². The molecule has 0 aliphatic heterocycles. The van der Waals surface area contributed by atoms with Gasteiger partial charge >= 0.3 is 0 Å². The highest BCUT2D eigenvalue weighted by atomic mass is 32.1. The first kappa shape index (κ1) is 12.7. The molecule has 0 radical (unpaired) electrons. The molecular weight excluding hydrogens is 274 g/mol.